The first kappa shape index (κ1) is 15.9. The number of nitriles is 1. The van der Waals surface area contributed by atoms with Gasteiger partial charge in [-0.05, 0) is 35.9 Å². The molecule has 0 bridgehead atoms. The van der Waals surface area contributed by atoms with Gasteiger partial charge in [0, 0.05) is 20.4 Å². The van der Waals surface area contributed by atoms with Gasteiger partial charge in [0.2, 0.25) is 0 Å². The van der Waals surface area contributed by atoms with E-state index in [1.54, 1.807) is 12.1 Å². The van der Waals surface area contributed by atoms with Gasteiger partial charge in [-0.2, -0.15) is 5.26 Å². The number of thiazole rings is 1. The molecule has 2 nitrogen and oxygen atoms in total. The van der Waals surface area contributed by atoms with Gasteiger partial charge in [-0.25, -0.2) is 4.98 Å². The lowest BCUT2D eigenvalue weighted by molar-refractivity contribution is 1.37. The summed E-state index contributed by atoms with van der Waals surface area (Å²) in [5.74, 6) is 0. The predicted molar refractivity (Wildman–Crippen MR) is 100 cm³/mol. The fourth-order valence-corrected chi connectivity index (χ4v) is 3.31. The van der Waals surface area contributed by atoms with Crippen LogP contribution in [-0.2, 0) is 0 Å². The lowest BCUT2D eigenvalue weighted by Crippen LogP contribution is -1.83. The summed E-state index contributed by atoms with van der Waals surface area (Å²) in [5.41, 5.74) is 3.30. The van der Waals surface area contributed by atoms with Crippen LogP contribution in [0.2, 0.25) is 5.02 Å². The van der Waals surface area contributed by atoms with Crippen LogP contribution in [-0.4, -0.2) is 4.98 Å². The first-order chi connectivity index (χ1) is 11.2. The van der Waals surface area contributed by atoms with Crippen LogP contribution in [0.3, 0.4) is 0 Å². The number of hydrogen-bond donors (Lipinski definition) is 0. The summed E-state index contributed by atoms with van der Waals surface area (Å²) in [5, 5.41) is 12.7. The summed E-state index contributed by atoms with van der Waals surface area (Å²) in [4.78, 5) is 4.58. The molecule has 0 aliphatic carbocycles. The molecule has 5 heteroatoms. The third-order valence-electron chi connectivity index (χ3n) is 3.15. The molecular formula is C18H10BrClN2S. The van der Waals surface area contributed by atoms with Crippen LogP contribution in [0.4, 0.5) is 0 Å². The fourth-order valence-electron chi connectivity index (χ4n) is 2.06. The molecule has 1 aromatic heterocycles. The van der Waals surface area contributed by atoms with Crippen molar-refractivity contribution in [2.24, 2.45) is 0 Å². The Labute approximate surface area is 151 Å². The van der Waals surface area contributed by atoms with Crippen LogP contribution in [0.25, 0.3) is 22.9 Å². The molecule has 0 radical (unpaired) electrons. The quantitative estimate of drug-likeness (QED) is 0.483. The van der Waals surface area contributed by atoms with Gasteiger partial charge in [-0.3, -0.25) is 0 Å². The number of halogens is 2. The Morgan fingerprint density at radius 1 is 1.22 bits per heavy atom. The predicted octanol–water partition coefficient (Wildman–Crippen LogP) is 6.29. The van der Waals surface area contributed by atoms with Crippen LogP contribution in [0, 0.1) is 11.3 Å². The molecule has 0 aliphatic heterocycles. The van der Waals surface area contributed by atoms with Crippen LogP contribution < -0.4 is 0 Å². The highest BCUT2D eigenvalue weighted by Crippen LogP contribution is 2.28. The molecule has 0 N–H and O–H groups in total. The van der Waals surface area contributed by atoms with Gasteiger partial charge in [0.05, 0.1) is 11.3 Å². The van der Waals surface area contributed by atoms with Gasteiger partial charge < -0.3 is 0 Å². The zero-order valence-electron chi connectivity index (χ0n) is 11.8. The molecule has 0 atom stereocenters. The maximum atomic E-state index is 9.44. The van der Waals surface area contributed by atoms with Crippen molar-refractivity contribution >= 4 is 50.5 Å². The third-order valence-corrected chi connectivity index (χ3v) is 4.79. The van der Waals surface area contributed by atoms with Crippen molar-refractivity contribution in [3.8, 4) is 17.3 Å². The first-order valence-electron chi connectivity index (χ1n) is 6.75. The van der Waals surface area contributed by atoms with Crippen molar-refractivity contribution < 1.29 is 0 Å². The standard InChI is InChI=1S/C18H10BrClN2S/c19-15-6-4-13(5-7-15)17-11-23-18(22-17)14(10-21)8-12-2-1-3-16(20)9-12/h1-9,11H/b14-8-. The molecule has 0 saturated heterocycles. The lowest BCUT2D eigenvalue weighted by atomic mass is 10.1. The summed E-state index contributed by atoms with van der Waals surface area (Å²) >= 11 is 10.9. The number of aromatic nitrogens is 1. The second-order valence-electron chi connectivity index (χ2n) is 4.77. The van der Waals surface area contributed by atoms with E-state index >= 15 is 0 Å². The van der Waals surface area contributed by atoms with Crippen LogP contribution >= 0.6 is 38.9 Å². The number of allylic oxidation sites excluding steroid dienone is 1. The molecule has 0 saturated carbocycles. The van der Waals surface area contributed by atoms with Crippen LogP contribution in [0.1, 0.15) is 10.6 Å². The second kappa shape index (κ2) is 7.10. The maximum absolute atomic E-state index is 9.44. The van der Waals surface area contributed by atoms with E-state index in [0.29, 0.717) is 15.6 Å². The fraction of sp³-hybridized carbons (Fsp3) is 0. The van der Waals surface area contributed by atoms with Gasteiger partial charge in [0.1, 0.15) is 11.1 Å². The number of hydrogen-bond acceptors (Lipinski definition) is 3. The number of nitrogens with zero attached hydrogens (tertiary/aromatic N) is 2. The minimum absolute atomic E-state index is 0.528. The molecule has 3 rings (SSSR count). The highest BCUT2D eigenvalue weighted by Gasteiger charge is 2.09. The van der Waals surface area contributed by atoms with Gasteiger partial charge in [0.15, 0.2) is 0 Å². The highest BCUT2D eigenvalue weighted by molar-refractivity contribution is 9.10. The van der Waals surface area contributed by atoms with Gasteiger partial charge in [-0.15, -0.1) is 11.3 Å². The van der Waals surface area contributed by atoms with Crippen molar-refractivity contribution in [1.82, 2.24) is 4.98 Å². The van der Waals surface area contributed by atoms with E-state index in [9.17, 15) is 5.26 Å². The van der Waals surface area contributed by atoms with E-state index in [1.165, 1.54) is 11.3 Å². The zero-order valence-corrected chi connectivity index (χ0v) is 15.0. The van der Waals surface area contributed by atoms with Crippen molar-refractivity contribution in [2.75, 3.05) is 0 Å². The van der Waals surface area contributed by atoms with E-state index in [0.717, 1.165) is 21.3 Å². The molecule has 1 heterocycles. The third kappa shape index (κ3) is 3.89. The Hall–Kier alpha value is -1.93. The SMILES string of the molecule is N#C/C(=C/c1cccc(Cl)c1)c1nc(-c2ccc(Br)cc2)cs1. The summed E-state index contributed by atoms with van der Waals surface area (Å²) in [6.07, 6.45) is 1.80. The van der Waals surface area contributed by atoms with Crippen molar-refractivity contribution in [3.05, 3.63) is 74.0 Å². The Morgan fingerprint density at radius 2 is 2.00 bits per heavy atom. The van der Waals surface area contributed by atoms with E-state index in [2.05, 4.69) is 27.0 Å². The van der Waals surface area contributed by atoms with Crippen molar-refractivity contribution in [1.29, 1.82) is 5.26 Å². The summed E-state index contributed by atoms with van der Waals surface area (Å²) < 4.78 is 1.02. The molecule has 112 valence electrons. The average Bonchev–Trinajstić information content (AvgIpc) is 3.03. The van der Waals surface area contributed by atoms with Crippen LogP contribution in [0.15, 0.2) is 58.4 Å². The molecule has 3 aromatic rings. The van der Waals surface area contributed by atoms with E-state index in [-0.39, 0.29) is 0 Å². The van der Waals surface area contributed by atoms with Crippen LogP contribution in [0.5, 0.6) is 0 Å². The van der Waals surface area contributed by atoms with E-state index in [4.69, 9.17) is 11.6 Å². The molecular weight excluding hydrogens is 392 g/mol. The topological polar surface area (TPSA) is 36.7 Å². The summed E-state index contributed by atoms with van der Waals surface area (Å²) in [6, 6.07) is 17.6. The Bertz CT molecular complexity index is 907. The normalized spacial score (nSPS) is 11.3. The maximum Gasteiger partial charge on any atom is 0.134 e. The molecule has 0 amide bonds. The average molecular weight is 402 g/mol. The summed E-state index contributed by atoms with van der Waals surface area (Å²) in [7, 11) is 0. The summed E-state index contributed by atoms with van der Waals surface area (Å²) in [6.45, 7) is 0. The molecule has 0 aliphatic rings. The zero-order chi connectivity index (χ0) is 16.2. The van der Waals surface area contributed by atoms with Crippen molar-refractivity contribution in [2.45, 2.75) is 0 Å². The largest absolute Gasteiger partial charge is 0.235 e. The number of benzene rings is 2. The lowest BCUT2D eigenvalue weighted by Gasteiger charge is -1.98. The Morgan fingerprint density at radius 3 is 2.70 bits per heavy atom. The molecule has 0 unspecified atom stereocenters. The molecule has 0 spiro atoms. The van der Waals surface area contributed by atoms with E-state index in [1.807, 2.05) is 47.8 Å². The minimum atomic E-state index is 0.528. The Balaban J connectivity index is 1.94. The Kier molecular flexibility index (Phi) is 4.92. The first-order valence-corrected chi connectivity index (χ1v) is 8.80. The number of rotatable bonds is 3. The second-order valence-corrected chi connectivity index (χ2v) is 6.98. The van der Waals surface area contributed by atoms with E-state index < -0.39 is 0 Å². The smallest absolute Gasteiger partial charge is 0.134 e. The van der Waals surface area contributed by atoms with Gasteiger partial charge in [0.25, 0.3) is 0 Å². The van der Waals surface area contributed by atoms with Gasteiger partial charge >= 0.3 is 0 Å². The molecule has 2 aromatic carbocycles. The minimum Gasteiger partial charge on any atom is -0.235 e. The van der Waals surface area contributed by atoms with Crippen molar-refractivity contribution in [3.63, 3.8) is 0 Å². The molecule has 23 heavy (non-hydrogen) atoms. The molecule has 0 fully saturated rings. The monoisotopic (exact) mass is 400 g/mol. The van der Waals surface area contributed by atoms with Gasteiger partial charge in [-0.1, -0.05) is 51.8 Å². The highest BCUT2D eigenvalue weighted by atomic mass is 79.9.